The minimum Gasteiger partial charge on any atom is -0.545 e. The van der Waals surface area contributed by atoms with Crippen LogP contribution in [-0.4, -0.2) is 92.8 Å². The number of esters is 4. The summed E-state index contributed by atoms with van der Waals surface area (Å²) >= 11 is 0. The normalized spacial score (nSPS) is 9.18. The van der Waals surface area contributed by atoms with Crippen LogP contribution in [0.5, 0.6) is 0 Å². The molecule has 4 aromatic carbocycles. The van der Waals surface area contributed by atoms with Crippen LogP contribution in [0.3, 0.4) is 0 Å². The Bertz CT molecular complexity index is 2020. The molecule has 0 spiro atoms. The van der Waals surface area contributed by atoms with Gasteiger partial charge >= 0.3 is 69.6 Å². The van der Waals surface area contributed by atoms with Gasteiger partial charge in [-0.2, -0.15) is 0 Å². The minimum atomic E-state index is -1.80. The summed E-state index contributed by atoms with van der Waals surface area (Å²) in [6.45, 7) is 0. The summed E-state index contributed by atoms with van der Waals surface area (Å²) in [6, 6.07) is 20.0. The molecule has 25 heteroatoms. The van der Waals surface area contributed by atoms with Crippen LogP contribution in [0, 0.1) is 0 Å². The third-order valence-electron chi connectivity index (χ3n) is 6.19. The fourth-order valence-electron chi connectivity index (χ4n) is 3.89. The summed E-state index contributed by atoms with van der Waals surface area (Å²) in [5.74, 6) is -11.3. The van der Waals surface area contributed by atoms with E-state index in [9.17, 15) is 78.0 Å². The van der Waals surface area contributed by atoms with Gasteiger partial charge in [0.1, 0.15) is 0 Å². The monoisotopic (exact) mass is 934 g/mol. The maximum atomic E-state index is 11.1. The number of carboxylic acids is 4. The van der Waals surface area contributed by atoms with E-state index in [2.05, 4.69) is 18.9 Å². The Morgan fingerprint density at radius 1 is 0.295 bits per heavy atom. The second-order valence-corrected chi connectivity index (χ2v) is 9.95. The fourth-order valence-corrected chi connectivity index (χ4v) is 3.89. The Balaban J connectivity index is 0.000000783. The van der Waals surface area contributed by atoms with E-state index in [1.165, 1.54) is 48.5 Å². The Kier molecular flexibility index (Phi) is 21.8. The molecule has 0 unspecified atom stereocenters. The van der Waals surface area contributed by atoms with E-state index in [1.807, 2.05) is 0 Å². The van der Waals surface area contributed by atoms with Crippen LogP contribution in [-0.2, 0) is 40.0 Å². The minimum absolute atomic E-state index is 0. The number of carbonyl (C=O) groups excluding carboxylic acids is 8. The van der Waals surface area contributed by atoms with Crippen LogP contribution in [0.25, 0.3) is 0 Å². The predicted molar refractivity (Wildman–Crippen MR) is 177 cm³/mol. The van der Waals surface area contributed by atoms with Crippen LogP contribution >= 0.6 is 0 Å². The molecule has 4 rings (SSSR count). The number of benzene rings is 4. The van der Waals surface area contributed by atoms with Gasteiger partial charge in [-0.1, -0.05) is 72.8 Å². The van der Waals surface area contributed by atoms with Gasteiger partial charge in [0.15, 0.2) is 0 Å². The maximum Gasteiger partial charge on any atom is 4.00 e. The zero-order chi connectivity index (χ0) is 45.7. The standard InChI is InChI=1S/4C9H6O6.Mo/c4*10-7(11)5-3-1-2-4-6(5)8(12)15-9(13)14;/h4*1-4H,(H,10,11)(H,13,14);/q;;;;+4/p-4. The summed E-state index contributed by atoms with van der Waals surface area (Å²) in [6.07, 6.45) is -7.19. The van der Waals surface area contributed by atoms with Crippen molar-refractivity contribution in [3.05, 3.63) is 142 Å². The van der Waals surface area contributed by atoms with E-state index in [1.54, 1.807) is 0 Å². The summed E-state index contributed by atoms with van der Waals surface area (Å²) in [5.41, 5.74) is -3.10. The summed E-state index contributed by atoms with van der Waals surface area (Å²) in [5, 5.41) is 74.9. The topological polar surface area (TPSA) is 415 Å². The predicted octanol–water partition coefficient (Wildman–Crippen LogP) is -0.463. The zero-order valence-corrected chi connectivity index (χ0v) is 31.6. The molecular formula is C36H20MoO24. The van der Waals surface area contributed by atoms with Crippen molar-refractivity contribution in [1.29, 1.82) is 0 Å². The molecule has 0 saturated carbocycles. The first-order valence-corrected chi connectivity index (χ1v) is 15.1. The van der Waals surface area contributed by atoms with E-state index >= 15 is 0 Å². The van der Waals surface area contributed by atoms with Crippen LogP contribution in [0.15, 0.2) is 97.1 Å². The maximum absolute atomic E-state index is 11.1. The first-order valence-electron chi connectivity index (χ1n) is 15.1. The number of carbonyl (C=O) groups is 12. The molecule has 4 N–H and O–H groups in total. The van der Waals surface area contributed by atoms with Gasteiger partial charge in [-0.3, -0.25) is 0 Å². The number of rotatable bonds is 8. The van der Waals surface area contributed by atoms with Gasteiger partial charge in [-0.15, -0.1) is 0 Å². The molecular weight excluding hydrogens is 912 g/mol. The molecule has 314 valence electrons. The molecule has 4 aromatic rings. The Morgan fingerprint density at radius 2 is 0.426 bits per heavy atom. The molecule has 0 radical (unpaired) electrons. The molecule has 0 atom stereocenters. The van der Waals surface area contributed by atoms with Crippen molar-refractivity contribution in [3.8, 4) is 0 Å². The van der Waals surface area contributed by atoms with Gasteiger partial charge in [-0.25, -0.2) is 38.4 Å². The molecule has 61 heavy (non-hydrogen) atoms. The fraction of sp³-hybridized carbons (Fsp3) is 0. The van der Waals surface area contributed by atoms with E-state index in [0.717, 1.165) is 48.5 Å². The number of hydrogen-bond donors (Lipinski definition) is 4. The molecule has 0 aliphatic rings. The van der Waals surface area contributed by atoms with Gasteiger partial charge in [0.2, 0.25) is 0 Å². The molecule has 0 amide bonds. The van der Waals surface area contributed by atoms with Crippen LogP contribution in [0.1, 0.15) is 82.9 Å². The molecule has 24 nitrogen and oxygen atoms in total. The Labute approximate surface area is 351 Å². The molecule has 0 saturated heterocycles. The van der Waals surface area contributed by atoms with Gasteiger partial charge in [0.05, 0.1) is 46.1 Å². The zero-order valence-electron chi connectivity index (χ0n) is 29.6. The van der Waals surface area contributed by atoms with E-state index < -0.39 is 94.6 Å². The molecule has 0 aromatic heterocycles. The van der Waals surface area contributed by atoms with E-state index in [0.29, 0.717) is 0 Å². The van der Waals surface area contributed by atoms with Crippen LogP contribution < -0.4 is 20.4 Å². The van der Waals surface area contributed by atoms with Crippen molar-refractivity contribution >= 4 is 72.4 Å². The average Bonchev–Trinajstić information content (AvgIpc) is 3.17. The van der Waals surface area contributed by atoms with Crippen molar-refractivity contribution in [2.45, 2.75) is 0 Å². The SMILES string of the molecule is O=C(O)OC(=O)c1ccccc1C(=O)[O-].O=C(O)OC(=O)c1ccccc1C(=O)[O-].O=C(O)OC(=O)c1ccccc1C(=O)[O-].O=C(O)OC(=O)c1ccccc1C(=O)[O-].[Mo+4]. The van der Waals surface area contributed by atoms with Gasteiger partial charge in [0, 0.05) is 22.3 Å². The van der Waals surface area contributed by atoms with E-state index in [4.69, 9.17) is 20.4 Å². The van der Waals surface area contributed by atoms with E-state index in [-0.39, 0.29) is 43.3 Å². The van der Waals surface area contributed by atoms with Gasteiger partial charge < -0.3 is 79.0 Å². The molecule has 0 fully saturated rings. The van der Waals surface area contributed by atoms with Gasteiger partial charge in [-0.05, 0) is 24.3 Å². The second kappa shape index (κ2) is 25.5. The van der Waals surface area contributed by atoms with Gasteiger partial charge in [0.25, 0.3) is 0 Å². The molecule has 0 heterocycles. The first-order chi connectivity index (χ1) is 28.1. The number of ether oxygens (including phenoxy) is 4. The summed E-state index contributed by atoms with van der Waals surface area (Å²) in [4.78, 5) is 127. The first kappa shape index (κ1) is 52.2. The number of aromatic carboxylic acids is 4. The Hall–Kier alpha value is -8.79. The van der Waals surface area contributed by atoms with Crippen molar-refractivity contribution < 1.29 is 138 Å². The third kappa shape index (κ3) is 17.9. The van der Waals surface area contributed by atoms with Crippen LogP contribution in [0.4, 0.5) is 19.2 Å². The summed E-state index contributed by atoms with van der Waals surface area (Å²) in [7, 11) is 0. The third-order valence-corrected chi connectivity index (χ3v) is 6.19. The largest absolute Gasteiger partial charge is 4.00 e. The summed E-state index contributed by atoms with van der Waals surface area (Å²) < 4.78 is 15.3. The average molecular weight is 932 g/mol. The number of hydrogen-bond acceptors (Lipinski definition) is 20. The van der Waals surface area contributed by atoms with Crippen molar-refractivity contribution in [2.24, 2.45) is 0 Å². The number of carboxylic acid groups (broad SMARTS) is 8. The molecule has 0 aliphatic heterocycles. The molecule has 0 aliphatic carbocycles. The van der Waals surface area contributed by atoms with Crippen molar-refractivity contribution in [2.75, 3.05) is 0 Å². The Morgan fingerprint density at radius 3 is 0.541 bits per heavy atom. The van der Waals surface area contributed by atoms with Crippen molar-refractivity contribution in [1.82, 2.24) is 0 Å². The quantitative estimate of drug-likeness (QED) is 0.0751. The van der Waals surface area contributed by atoms with Crippen LogP contribution in [0.2, 0.25) is 0 Å². The smallest absolute Gasteiger partial charge is 0.545 e. The molecule has 0 bridgehead atoms. The van der Waals surface area contributed by atoms with Crippen molar-refractivity contribution in [3.63, 3.8) is 0 Å². The second-order valence-electron chi connectivity index (χ2n) is 9.95.